The molecule has 114 valence electrons. The molecule has 0 aliphatic carbocycles. The van der Waals surface area contributed by atoms with Crippen LogP contribution in [0.25, 0.3) is 0 Å². The number of nitrogens with zero attached hydrogens (tertiary/aromatic N) is 2. The summed E-state index contributed by atoms with van der Waals surface area (Å²) in [5.41, 5.74) is 1.82. The van der Waals surface area contributed by atoms with Crippen LogP contribution in [0.15, 0.2) is 24.3 Å². The Morgan fingerprint density at radius 3 is 2.48 bits per heavy atom. The van der Waals surface area contributed by atoms with Crippen molar-refractivity contribution in [1.82, 2.24) is 4.90 Å². The normalized spacial score (nSPS) is 18.2. The summed E-state index contributed by atoms with van der Waals surface area (Å²) >= 11 is 0. The van der Waals surface area contributed by atoms with Crippen molar-refractivity contribution < 1.29 is 14.7 Å². The molecule has 6 nitrogen and oxygen atoms in total. The third kappa shape index (κ3) is 3.33. The summed E-state index contributed by atoms with van der Waals surface area (Å²) in [5.74, 6) is -0.353. The Bertz CT molecular complexity index is 515. The highest BCUT2D eigenvalue weighted by Gasteiger charge is 2.35. The second-order valence-corrected chi connectivity index (χ2v) is 5.04. The number of rotatable bonds is 6. The lowest BCUT2D eigenvalue weighted by molar-refractivity contribution is -0.136. The molecule has 0 saturated carbocycles. The fraction of sp³-hybridized carbons (Fsp3) is 0.467. The van der Waals surface area contributed by atoms with Gasteiger partial charge in [-0.1, -0.05) is 0 Å². The summed E-state index contributed by atoms with van der Waals surface area (Å²) in [5, 5.41) is 12.1. The molecule has 1 aliphatic heterocycles. The third-order valence-corrected chi connectivity index (χ3v) is 3.71. The number of likely N-dealkylation sites (tertiary alicyclic amines) is 1. The maximum atomic E-state index is 11.8. The quantitative estimate of drug-likeness (QED) is 0.754. The predicted molar refractivity (Wildman–Crippen MR) is 81.2 cm³/mol. The molecule has 1 heterocycles. The SMILES string of the molecule is CCN(CCO)c1ccc(NC2CC(=O)N(C)C2=O)cc1. The van der Waals surface area contributed by atoms with Gasteiger partial charge >= 0.3 is 0 Å². The number of anilines is 2. The molecule has 2 N–H and O–H groups in total. The molecule has 1 aromatic carbocycles. The first-order valence-corrected chi connectivity index (χ1v) is 7.09. The van der Waals surface area contributed by atoms with Gasteiger partial charge in [0.1, 0.15) is 6.04 Å². The first kappa shape index (κ1) is 15.3. The van der Waals surface area contributed by atoms with Crippen LogP contribution in [0.3, 0.4) is 0 Å². The zero-order chi connectivity index (χ0) is 15.4. The van der Waals surface area contributed by atoms with E-state index in [4.69, 9.17) is 5.11 Å². The molecule has 1 unspecified atom stereocenters. The lowest BCUT2D eigenvalue weighted by Gasteiger charge is -2.22. The van der Waals surface area contributed by atoms with Crippen LogP contribution in [-0.4, -0.2) is 54.6 Å². The number of amides is 2. The van der Waals surface area contributed by atoms with Gasteiger partial charge in [0.25, 0.3) is 5.91 Å². The first-order valence-electron chi connectivity index (χ1n) is 7.09. The molecule has 1 aromatic rings. The van der Waals surface area contributed by atoms with Crippen LogP contribution in [-0.2, 0) is 9.59 Å². The molecule has 21 heavy (non-hydrogen) atoms. The molecule has 1 saturated heterocycles. The number of likely N-dealkylation sites (N-methyl/N-ethyl adjacent to an activating group) is 2. The van der Waals surface area contributed by atoms with E-state index < -0.39 is 6.04 Å². The van der Waals surface area contributed by atoms with Crippen molar-refractivity contribution in [3.8, 4) is 0 Å². The van der Waals surface area contributed by atoms with Crippen molar-refractivity contribution in [2.24, 2.45) is 0 Å². The fourth-order valence-corrected chi connectivity index (χ4v) is 2.43. The molecule has 6 heteroatoms. The van der Waals surface area contributed by atoms with Crippen molar-refractivity contribution in [3.05, 3.63) is 24.3 Å². The summed E-state index contributed by atoms with van der Waals surface area (Å²) < 4.78 is 0. The van der Waals surface area contributed by atoms with E-state index >= 15 is 0 Å². The molecule has 2 rings (SSSR count). The highest BCUT2D eigenvalue weighted by atomic mass is 16.3. The molecule has 0 spiro atoms. The van der Waals surface area contributed by atoms with Gasteiger partial charge in [-0.2, -0.15) is 0 Å². The van der Waals surface area contributed by atoms with E-state index in [-0.39, 0.29) is 24.8 Å². The summed E-state index contributed by atoms with van der Waals surface area (Å²) in [7, 11) is 1.50. The molecule has 2 amide bonds. The van der Waals surface area contributed by atoms with E-state index in [0.717, 1.165) is 22.8 Å². The largest absolute Gasteiger partial charge is 0.395 e. The third-order valence-electron chi connectivity index (χ3n) is 3.71. The number of nitrogens with one attached hydrogen (secondary N) is 1. The number of aliphatic hydroxyl groups excluding tert-OH is 1. The van der Waals surface area contributed by atoms with Gasteiger partial charge in [0, 0.05) is 31.5 Å². The summed E-state index contributed by atoms with van der Waals surface area (Å²) in [6, 6.07) is 7.16. The van der Waals surface area contributed by atoms with Crippen LogP contribution in [0.4, 0.5) is 11.4 Å². The zero-order valence-corrected chi connectivity index (χ0v) is 12.4. The van der Waals surface area contributed by atoms with E-state index in [1.807, 2.05) is 31.2 Å². The topological polar surface area (TPSA) is 72.9 Å². The van der Waals surface area contributed by atoms with Crippen LogP contribution >= 0.6 is 0 Å². The Balaban J connectivity index is 2.03. The van der Waals surface area contributed by atoms with Gasteiger partial charge in [-0.05, 0) is 31.2 Å². The van der Waals surface area contributed by atoms with Gasteiger partial charge in [-0.25, -0.2) is 0 Å². The Hall–Kier alpha value is -2.08. The van der Waals surface area contributed by atoms with Crippen LogP contribution in [0.1, 0.15) is 13.3 Å². The number of hydrogen-bond donors (Lipinski definition) is 2. The molecule has 0 radical (unpaired) electrons. The van der Waals surface area contributed by atoms with Crippen molar-refractivity contribution in [1.29, 1.82) is 0 Å². The monoisotopic (exact) mass is 291 g/mol. The van der Waals surface area contributed by atoms with Gasteiger partial charge in [0.15, 0.2) is 0 Å². The molecule has 1 aliphatic rings. The maximum absolute atomic E-state index is 11.8. The van der Waals surface area contributed by atoms with Crippen LogP contribution in [0, 0.1) is 0 Å². The maximum Gasteiger partial charge on any atom is 0.251 e. The zero-order valence-electron chi connectivity index (χ0n) is 12.4. The summed E-state index contributed by atoms with van der Waals surface area (Å²) in [6.45, 7) is 3.54. The summed E-state index contributed by atoms with van der Waals surface area (Å²) in [4.78, 5) is 26.5. The summed E-state index contributed by atoms with van der Waals surface area (Å²) in [6.07, 6.45) is 0.197. The van der Waals surface area contributed by atoms with Gasteiger partial charge < -0.3 is 15.3 Å². The number of hydrogen-bond acceptors (Lipinski definition) is 5. The van der Waals surface area contributed by atoms with Gasteiger partial charge in [-0.3, -0.25) is 14.5 Å². The van der Waals surface area contributed by atoms with Crippen molar-refractivity contribution >= 4 is 23.2 Å². The van der Waals surface area contributed by atoms with E-state index in [1.54, 1.807) is 0 Å². The average molecular weight is 291 g/mol. The highest BCUT2D eigenvalue weighted by molar-refractivity contribution is 6.06. The van der Waals surface area contributed by atoms with Crippen LogP contribution < -0.4 is 10.2 Å². The minimum absolute atomic E-state index is 0.110. The number of aliphatic hydroxyl groups is 1. The van der Waals surface area contributed by atoms with Crippen molar-refractivity contribution in [2.45, 2.75) is 19.4 Å². The molecule has 1 atom stereocenters. The molecule has 0 bridgehead atoms. The number of imide groups is 1. The molecular formula is C15H21N3O3. The first-order chi connectivity index (χ1) is 10.1. The standard InChI is InChI=1S/C15H21N3O3/c1-3-18(8-9-19)12-6-4-11(5-7-12)16-13-10-14(20)17(2)15(13)21/h4-7,13,16,19H,3,8-10H2,1-2H3. The lowest BCUT2D eigenvalue weighted by atomic mass is 10.2. The molecular weight excluding hydrogens is 270 g/mol. The Morgan fingerprint density at radius 1 is 1.33 bits per heavy atom. The van der Waals surface area contributed by atoms with Gasteiger partial charge in [-0.15, -0.1) is 0 Å². The Morgan fingerprint density at radius 2 is 2.00 bits per heavy atom. The van der Waals surface area contributed by atoms with Crippen LogP contribution in [0.2, 0.25) is 0 Å². The van der Waals surface area contributed by atoms with Crippen molar-refractivity contribution in [2.75, 3.05) is 37.0 Å². The van der Waals surface area contributed by atoms with Crippen LogP contribution in [0.5, 0.6) is 0 Å². The Kier molecular flexibility index (Phi) is 4.80. The molecule has 0 aromatic heterocycles. The predicted octanol–water partition coefficient (Wildman–Crippen LogP) is 0.674. The second kappa shape index (κ2) is 6.58. The van der Waals surface area contributed by atoms with Gasteiger partial charge in [0.2, 0.25) is 5.91 Å². The van der Waals surface area contributed by atoms with Gasteiger partial charge in [0.05, 0.1) is 13.0 Å². The highest BCUT2D eigenvalue weighted by Crippen LogP contribution is 2.21. The number of benzene rings is 1. The second-order valence-electron chi connectivity index (χ2n) is 5.04. The smallest absolute Gasteiger partial charge is 0.251 e. The number of carbonyl (C=O) groups excluding carboxylic acids is 2. The van der Waals surface area contributed by atoms with E-state index in [2.05, 4.69) is 10.2 Å². The van der Waals surface area contributed by atoms with Crippen molar-refractivity contribution in [3.63, 3.8) is 0 Å². The average Bonchev–Trinajstić information content (AvgIpc) is 2.73. The van der Waals surface area contributed by atoms with E-state index in [1.165, 1.54) is 7.05 Å². The fourth-order valence-electron chi connectivity index (χ4n) is 2.43. The Labute approximate surface area is 124 Å². The minimum Gasteiger partial charge on any atom is -0.395 e. The minimum atomic E-state index is -0.479. The molecule has 1 fully saturated rings. The van der Waals surface area contributed by atoms with E-state index in [9.17, 15) is 9.59 Å². The lowest BCUT2D eigenvalue weighted by Crippen LogP contribution is -2.31. The van der Waals surface area contributed by atoms with E-state index in [0.29, 0.717) is 6.54 Å². The number of carbonyl (C=O) groups is 2.